The largest absolute Gasteiger partial charge is 0.298 e. The van der Waals surface area contributed by atoms with Crippen LogP contribution in [0.3, 0.4) is 0 Å². The Bertz CT molecular complexity index is 738. The summed E-state index contributed by atoms with van der Waals surface area (Å²) >= 11 is 0. The molecule has 0 saturated heterocycles. The number of rotatable bonds is 9. The van der Waals surface area contributed by atoms with Gasteiger partial charge < -0.3 is 0 Å². The first-order valence-electron chi connectivity index (χ1n) is 5.58. The molecule has 0 amide bonds. The molecule has 0 aromatic heterocycles. The zero-order valence-electron chi connectivity index (χ0n) is 11.9. The first kappa shape index (κ1) is 24.3. The molecule has 24 heavy (non-hydrogen) atoms. The molecule has 146 valence electrons. The van der Waals surface area contributed by atoms with Gasteiger partial charge in [-0.1, -0.05) is 13.8 Å². The van der Waals surface area contributed by atoms with Gasteiger partial charge in [0.25, 0.3) is 47.3 Å². The number of hydrogen-bond donors (Lipinski definition) is 4. The van der Waals surface area contributed by atoms with Crippen LogP contribution in [0.5, 0.6) is 0 Å². The van der Waals surface area contributed by atoms with Gasteiger partial charge in [-0.15, -0.1) is 0 Å². The number of hydrogen-bond acceptors (Lipinski definition) is 10. The molecule has 0 aromatic carbocycles. The van der Waals surface area contributed by atoms with Gasteiger partial charge in [0, 0.05) is 0 Å². The van der Waals surface area contributed by atoms with Crippen LogP contribution in [-0.4, -0.2) is 58.7 Å². The predicted octanol–water partition coefficient (Wildman–Crippen LogP) is 0.0466. The van der Waals surface area contributed by atoms with E-state index in [1.807, 2.05) is 0 Å². The van der Waals surface area contributed by atoms with Crippen molar-refractivity contribution in [2.75, 3.05) is 0 Å². The van der Waals surface area contributed by atoms with E-state index in [0.29, 0.717) is 0 Å². The van der Waals surface area contributed by atoms with E-state index in [9.17, 15) is 33.7 Å². The van der Waals surface area contributed by atoms with Crippen molar-refractivity contribution in [1.82, 2.24) is 0 Å². The van der Waals surface area contributed by atoms with Gasteiger partial charge >= 0.3 is 0 Å². The van der Waals surface area contributed by atoms with Gasteiger partial charge in [-0.3, -0.25) is 18.2 Å². The molecule has 0 atom stereocenters. The van der Waals surface area contributed by atoms with E-state index in [-0.39, 0.29) is 0 Å². The molecule has 0 fully saturated rings. The second-order valence-electron chi connectivity index (χ2n) is 4.14. The minimum atomic E-state index is -5.60. The van der Waals surface area contributed by atoms with Crippen LogP contribution in [0.1, 0.15) is 26.7 Å². The van der Waals surface area contributed by atoms with E-state index >= 15 is 0 Å². The van der Waals surface area contributed by atoms with Crippen LogP contribution in [0, 0.1) is 0 Å². The highest BCUT2D eigenvalue weighted by atomic mass is 33.1. The van der Waals surface area contributed by atoms with Crippen molar-refractivity contribution in [3.8, 4) is 0 Å². The summed E-state index contributed by atoms with van der Waals surface area (Å²) in [6.45, 7) is 1.76. The molecule has 4 N–H and O–H groups in total. The molecule has 0 spiro atoms. The van der Waals surface area contributed by atoms with Gasteiger partial charge in [-0.2, -0.15) is 33.7 Å². The predicted molar refractivity (Wildman–Crippen MR) is 87.4 cm³/mol. The van der Waals surface area contributed by atoms with E-state index in [4.69, 9.17) is 18.2 Å². The van der Waals surface area contributed by atoms with Crippen LogP contribution < -0.4 is 0 Å². The van der Waals surface area contributed by atoms with Crippen molar-refractivity contribution in [3.05, 3.63) is 0 Å². The van der Waals surface area contributed by atoms with E-state index in [1.54, 1.807) is 0 Å². The standard InChI is InChI=1S/C6H14O12S6/c1-3-5(21(7,8)9,22(10,11)12)19-20-6(4-2,23(13,14)15)24(16,17)18/h3-4H2,1-2H3,(H,7,8,9)(H,10,11,12)(H,13,14,15)(H,16,17,18). The molecule has 0 aliphatic heterocycles. The van der Waals surface area contributed by atoms with E-state index < -0.39 is 81.7 Å². The highest BCUT2D eigenvalue weighted by molar-refractivity contribution is 8.83. The second kappa shape index (κ2) is 7.16. The Balaban J connectivity index is 6.51. The minimum Gasteiger partial charge on any atom is -0.284 e. The Kier molecular flexibility index (Phi) is 7.26. The Hall–Kier alpha value is 0.340. The Morgan fingerprint density at radius 2 is 0.750 bits per heavy atom. The van der Waals surface area contributed by atoms with Crippen molar-refractivity contribution in [1.29, 1.82) is 0 Å². The highest BCUT2D eigenvalue weighted by Gasteiger charge is 2.61. The third-order valence-corrected chi connectivity index (χ3v) is 17.5. The smallest absolute Gasteiger partial charge is 0.284 e. The van der Waals surface area contributed by atoms with Crippen LogP contribution in [0.4, 0.5) is 0 Å². The summed E-state index contributed by atoms with van der Waals surface area (Å²) in [6, 6.07) is 0. The lowest BCUT2D eigenvalue weighted by Crippen LogP contribution is -2.45. The third kappa shape index (κ3) is 4.18. The minimum absolute atomic E-state index is 0.569. The fraction of sp³-hybridized carbons (Fsp3) is 1.00. The quantitative estimate of drug-likeness (QED) is 0.258. The second-order valence-corrected chi connectivity index (χ2v) is 15.0. The van der Waals surface area contributed by atoms with Crippen molar-refractivity contribution >= 4 is 62.1 Å². The van der Waals surface area contributed by atoms with Crippen LogP contribution in [-0.2, 0) is 40.5 Å². The molecule has 18 heteroatoms. The average Bonchev–Trinajstić information content (AvgIpc) is 2.28. The fourth-order valence-corrected chi connectivity index (χ4v) is 12.7. The monoisotopic (exact) mass is 470 g/mol. The maximum atomic E-state index is 11.4. The molecule has 0 unspecified atom stereocenters. The van der Waals surface area contributed by atoms with Gasteiger partial charge in [0.1, 0.15) is 0 Å². The lowest BCUT2D eigenvalue weighted by Gasteiger charge is -2.30. The molecular weight excluding hydrogens is 456 g/mol. The molecule has 0 rings (SSSR count). The van der Waals surface area contributed by atoms with Crippen LogP contribution >= 0.6 is 21.6 Å². The average molecular weight is 471 g/mol. The maximum Gasteiger partial charge on any atom is 0.298 e. The highest BCUT2D eigenvalue weighted by Crippen LogP contribution is 2.54. The molecule has 0 aliphatic carbocycles. The SMILES string of the molecule is CCC(SSC(CC)(S(=O)(=O)O)S(=O)(=O)O)(S(=O)(=O)O)S(=O)(=O)O. The molecular formula is C6H14O12S6. The van der Waals surface area contributed by atoms with Crippen LogP contribution in [0.2, 0.25) is 0 Å². The third-order valence-electron chi connectivity index (χ3n) is 2.73. The van der Waals surface area contributed by atoms with Gasteiger partial charge in [0.15, 0.2) is 0 Å². The normalized spacial score (nSPS) is 15.4. The topological polar surface area (TPSA) is 217 Å². The summed E-state index contributed by atoms with van der Waals surface area (Å²) in [5, 5.41) is 0. The van der Waals surface area contributed by atoms with E-state index in [1.165, 1.54) is 0 Å². The molecule has 0 heterocycles. The lowest BCUT2D eigenvalue weighted by atomic mass is 10.6. The fourth-order valence-electron chi connectivity index (χ4n) is 1.41. The molecule has 0 bridgehead atoms. The van der Waals surface area contributed by atoms with E-state index in [0.717, 1.165) is 13.8 Å². The van der Waals surface area contributed by atoms with Crippen molar-refractivity contribution in [2.24, 2.45) is 0 Å². The van der Waals surface area contributed by atoms with Gasteiger partial charge in [-0.25, -0.2) is 0 Å². The zero-order chi connectivity index (χ0) is 19.8. The van der Waals surface area contributed by atoms with Crippen molar-refractivity contribution in [2.45, 2.75) is 33.5 Å². The van der Waals surface area contributed by atoms with Crippen molar-refractivity contribution < 1.29 is 51.9 Å². The Labute approximate surface area is 147 Å². The summed E-state index contributed by atoms with van der Waals surface area (Å²) < 4.78 is 121. The summed E-state index contributed by atoms with van der Waals surface area (Å²) in [4.78, 5) is 0. The first-order chi connectivity index (χ1) is 10.3. The molecule has 12 nitrogen and oxygen atoms in total. The molecule has 0 aromatic rings. The van der Waals surface area contributed by atoms with Gasteiger partial charge in [-0.05, 0) is 34.4 Å². The van der Waals surface area contributed by atoms with E-state index in [2.05, 4.69) is 0 Å². The summed E-state index contributed by atoms with van der Waals surface area (Å²) in [5.74, 6) is 0. The zero-order valence-corrected chi connectivity index (χ0v) is 16.8. The maximum absolute atomic E-state index is 11.4. The molecule has 0 radical (unpaired) electrons. The van der Waals surface area contributed by atoms with Crippen LogP contribution in [0.25, 0.3) is 0 Å². The summed E-state index contributed by atoms with van der Waals surface area (Å²) in [5.41, 5.74) is 0. The lowest BCUT2D eigenvalue weighted by molar-refractivity contribution is 0.441. The van der Waals surface area contributed by atoms with Crippen molar-refractivity contribution in [3.63, 3.8) is 0 Å². The first-order valence-corrected chi connectivity index (χ1v) is 13.5. The molecule has 0 aliphatic rings. The molecule has 0 saturated carbocycles. The Morgan fingerprint density at radius 3 is 0.833 bits per heavy atom. The Morgan fingerprint density at radius 1 is 0.583 bits per heavy atom. The summed E-state index contributed by atoms with van der Waals surface area (Å²) in [7, 11) is -23.6. The van der Waals surface area contributed by atoms with Crippen LogP contribution in [0.15, 0.2) is 0 Å². The van der Waals surface area contributed by atoms with Gasteiger partial charge in [0.05, 0.1) is 0 Å². The van der Waals surface area contributed by atoms with Gasteiger partial charge in [0.2, 0.25) is 0 Å². The summed E-state index contributed by atoms with van der Waals surface area (Å²) in [6.07, 6.45) is -2.06.